The Morgan fingerprint density at radius 2 is 2.00 bits per heavy atom. The molecule has 2 aliphatic rings. The van der Waals surface area contributed by atoms with E-state index in [2.05, 4.69) is 4.98 Å². The van der Waals surface area contributed by atoms with Crippen molar-refractivity contribution in [1.29, 1.82) is 0 Å². The number of piperidine rings is 1. The highest BCUT2D eigenvalue weighted by Gasteiger charge is 2.26. The van der Waals surface area contributed by atoms with Crippen molar-refractivity contribution in [3.63, 3.8) is 0 Å². The standard InChI is InChI=1S/C20H17FN2O4S/c21-14-2-1-3-17-18(14)22-20(28-17)27-13-6-8-23(9-7-13)19(24)12-4-5-15-16(10-12)26-11-25-15/h1-5,10,13H,6-9,11H2. The van der Waals surface area contributed by atoms with Gasteiger partial charge in [0.25, 0.3) is 11.1 Å². The lowest BCUT2D eigenvalue weighted by molar-refractivity contribution is 0.0595. The quantitative estimate of drug-likeness (QED) is 0.668. The van der Waals surface area contributed by atoms with Crippen LogP contribution in [0.3, 0.4) is 0 Å². The Balaban J connectivity index is 1.22. The minimum absolute atomic E-state index is 0.0289. The zero-order valence-corrected chi connectivity index (χ0v) is 15.7. The lowest BCUT2D eigenvalue weighted by Crippen LogP contribution is -2.41. The van der Waals surface area contributed by atoms with E-state index in [-0.39, 0.29) is 24.6 Å². The van der Waals surface area contributed by atoms with E-state index in [0.29, 0.717) is 53.7 Å². The number of amides is 1. The van der Waals surface area contributed by atoms with Crippen LogP contribution in [0.5, 0.6) is 16.7 Å². The number of fused-ring (bicyclic) bond motifs is 2. The molecule has 1 aromatic heterocycles. The number of rotatable bonds is 3. The number of benzene rings is 2. The smallest absolute Gasteiger partial charge is 0.274 e. The summed E-state index contributed by atoms with van der Waals surface area (Å²) in [7, 11) is 0. The molecule has 28 heavy (non-hydrogen) atoms. The van der Waals surface area contributed by atoms with Crippen LogP contribution < -0.4 is 14.2 Å². The number of ether oxygens (including phenoxy) is 3. The molecule has 144 valence electrons. The van der Waals surface area contributed by atoms with Crippen molar-refractivity contribution in [3.05, 3.63) is 47.8 Å². The molecule has 8 heteroatoms. The van der Waals surface area contributed by atoms with Crippen molar-refractivity contribution in [2.75, 3.05) is 19.9 Å². The summed E-state index contributed by atoms with van der Waals surface area (Å²) in [5.41, 5.74) is 0.934. The van der Waals surface area contributed by atoms with Gasteiger partial charge in [-0.15, -0.1) is 0 Å². The highest BCUT2D eigenvalue weighted by Crippen LogP contribution is 2.34. The van der Waals surface area contributed by atoms with E-state index >= 15 is 0 Å². The Hall–Kier alpha value is -2.87. The molecular formula is C20H17FN2O4S. The fourth-order valence-electron chi connectivity index (χ4n) is 3.48. The van der Waals surface area contributed by atoms with Crippen LogP contribution in [0.4, 0.5) is 4.39 Å². The lowest BCUT2D eigenvalue weighted by atomic mass is 10.1. The maximum atomic E-state index is 13.8. The highest BCUT2D eigenvalue weighted by molar-refractivity contribution is 7.20. The molecule has 3 heterocycles. The molecule has 6 nitrogen and oxygen atoms in total. The summed E-state index contributed by atoms with van der Waals surface area (Å²) in [5.74, 6) is 0.898. The molecule has 0 spiro atoms. The number of thiazole rings is 1. The predicted molar refractivity (Wildman–Crippen MR) is 102 cm³/mol. The van der Waals surface area contributed by atoms with Crippen molar-refractivity contribution in [2.24, 2.45) is 0 Å². The molecule has 1 fully saturated rings. The summed E-state index contributed by atoms with van der Waals surface area (Å²) in [4.78, 5) is 18.8. The summed E-state index contributed by atoms with van der Waals surface area (Å²) in [5, 5.41) is 0.473. The average molecular weight is 400 g/mol. The maximum absolute atomic E-state index is 13.8. The first-order chi connectivity index (χ1) is 13.7. The van der Waals surface area contributed by atoms with Gasteiger partial charge in [0.05, 0.1) is 4.70 Å². The van der Waals surface area contributed by atoms with E-state index in [1.165, 1.54) is 17.4 Å². The lowest BCUT2D eigenvalue weighted by Gasteiger charge is -2.31. The van der Waals surface area contributed by atoms with Gasteiger partial charge in [0.15, 0.2) is 11.5 Å². The third-order valence-electron chi connectivity index (χ3n) is 4.97. The Morgan fingerprint density at radius 1 is 1.18 bits per heavy atom. The van der Waals surface area contributed by atoms with E-state index in [4.69, 9.17) is 14.2 Å². The van der Waals surface area contributed by atoms with E-state index < -0.39 is 0 Å². The van der Waals surface area contributed by atoms with Gasteiger partial charge >= 0.3 is 0 Å². The Labute approximate surface area is 164 Å². The second-order valence-electron chi connectivity index (χ2n) is 6.74. The van der Waals surface area contributed by atoms with E-state index in [1.807, 2.05) is 11.0 Å². The van der Waals surface area contributed by atoms with Gasteiger partial charge in [-0.25, -0.2) is 4.39 Å². The average Bonchev–Trinajstić information content (AvgIpc) is 3.34. The number of hydrogen-bond donors (Lipinski definition) is 0. The molecule has 1 amide bonds. The van der Waals surface area contributed by atoms with Crippen molar-refractivity contribution in [2.45, 2.75) is 18.9 Å². The zero-order chi connectivity index (χ0) is 19.1. The number of hydrogen-bond acceptors (Lipinski definition) is 6. The maximum Gasteiger partial charge on any atom is 0.274 e. The molecule has 3 aromatic rings. The topological polar surface area (TPSA) is 60.9 Å². The van der Waals surface area contributed by atoms with Crippen LogP contribution in [0.15, 0.2) is 36.4 Å². The van der Waals surface area contributed by atoms with Crippen molar-refractivity contribution < 1.29 is 23.4 Å². The van der Waals surface area contributed by atoms with Crippen LogP contribution in [-0.2, 0) is 0 Å². The molecule has 0 bridgehead atoms. The number of carbonyl (C=O) groups excluding carboxylic acids is 1. The SMILES string of the molecule is O=C(c1ccc2c(c1)OCO2)N1CCC(Oc2nc3c(F)cccc3s2)CC1. The van der Waals surface area contributed by atoms with E-state index in [1.54, 1.807) is 24.3 Å². The third-order valence-corrected chi connectivity index (χ3v) is 5.88. The van der Waals surface area contributed by atoms with Gasteiger partial charge in [-0.3, -0.25) is 4.79 Å². The van der Waals surface area contributed by atoms with Gasteiger partial charge in [0.1, 0.15) is 17.4 Å². The molecular weight excluding hydrogens is 383 g/mol. The summed E-state index contributed by atoms with van der Waals surface area (Å²) < 4.78 is 31.1. The molecule has 0 N–H and O–H groups in total. The third kappa shape index (κ3) is 3.13. The minimum atomic E-state index is -0.340. The van der Waals surface area contributed by atoms with Crippen LogP contribution in [-0.4, -0.2) is 41.8 Å². The number of likely N-dealkylation sites (tertiary alicyclic amines) is 1. The second-order valence-corrected chi connectivity index (χ2v) is 7.74. The van der Waals surface area contributed by atoms with Gasteiger partial charge in [-0.1, -0.05) is 17.4 Å². The van der Waals surface area contributed by atoms with E-state index in [0.717, 1.165) is 4.70 Å². The van der Waals surface area contributed by atoms with Crippen molar-refractivity contribution in [3.8, 4) is 16.7 Å². The van der Waals surface area contributed by atoms with Crippen molar-refractivity contribution >= 4 is 27.5 Å². The molecule has 5 rings (SSSR count). The molecule has 0 radical (unpaired) electrons. The summed E-state index contributed by atoms with van der Waals surface area (Å²) in [6, 6.07) is 10.1. The molecule has 2 aliphatic heterocycles. The summed E-state index contributed by atoms with van der Waals surface area (Å²) in [6.07, 6.45) is 1.37. The first kappa shape index (κ1) is 17.2. The molecule has 1 saturated heterocycles. The Kier molecular flexibility index (Phi) is 4.27. The molecule has 0 saturated carbocycles. The number of aromatic nitrogens is 1. The van der Waals surface area contributed by atoms with Gasteiger partial charge in [0.2, 0.25) is 6.79 Å². The van der Waals surface area contributed by atoms with Crippen LogP contribution in [0.1, 0.15) is 23.2 Å². The first-order valence-corrected chi connectivity index (χ1v) is 9.90. The molecule has 0 aliphatic carbocycles. The Morgan fingerprint density at radius 3 is 2.82 bits per heavy atom. The predicted octanol–water partition coefficient (Wildman–Crippen LogP) is 3.85. The fraction of sp³-hybridized carbons (Fsp3) is 0.300. The first-order valence-electron chi connectivity index (χ1n) is 9.08. The van der Waals surface area contributed by atoms with Crippen LogP contribution >= 0.6 is 11.3 Å². The number of carbonyl (C=O) groups is 1. The zero-order valence-electron chi connectivity index (χ0n) is 14.9. The van der Waals surface area contributed by atoms with Crippen LogP contribution in [0.2, 0.25) is 0 Å². The molecule has 0 atom stereocenters. The minimum Gasteiger partial charge on any atom is -0.467 e. The largest absolute Gasteiger partial charge is 0.467 e. The second kappa shape index (κ2) is 6.94. The van der Waals surface area contributed by atoms with Gasteiger partial charge in [0, 0.05) is 31.5 Å². The fourth-order valence-corrected chi connectivity index (χ4v) is 4.37. The summed E-state index contributed by atoms with van der Waals surface area (Å²) >= 11 is 1.34. The van der Waals surface area contributed by atoms with Gasteiger partial charge < -0.3 is 19.1 Å². The number of para-hydroxylation sites is 1. The normalized spacial score (nSPS) is 16.5. The number of nitrogens with zero attached hydrogens (tertiary/aromatic N) is 2. The highest BCUT2D eigenvalue weighted by atomic mass is 32.1. The van der Waals surface area contributed by atoms with Crippen molar-refractivity contribution in [1.82, 2.24) is 9.88 Å². The summed E-state index contributed by atoms with van der Waals surface area (Å²) in [6.45, 7) is 1.37. The molecule has 0 unspecified atom stereocenters. The number of halogens is 1. The monoisotopic (exact) mass is 400 g/mol. The van der Waals surface area contributed by atoms with Crippen LogP contribution in [0, 0.1) is 5.82 Å². The molecule has 2 aromatic carbocycles. The van der Waals surface area contributed by atoms with Gasteiger partial charge in [-0.2, -0.15) is 4.98 Å². The van der Waals surface area contributed by atoms with Gasteiger partial charge in [-0.05, 0) is 30.3 Å². The van der Waals surface area contributed by atoms with Crippen LogP contribution in [0.25, 0.3) is 10.2 Å². The Bertz CT molecular complexity index is 1050. The van der Waals surface area contributed by atoms with E-state index in [9.17, 15) is 9.18 Å².